The Bertz CT molecular complexity index is 199. The Kier molecular flexibility index (Phi) is 2.80. The quantitative estimate of drug-likeness (QED) is 0.651. The molecular weight excluding hydrogens is 164 g/mol. The van der Waals surface area contributed by atoms with Crippen LogP contribution in [0.2, 0.25) is 0 Å². The highest BCUT2D eigenvalue weighted by atomic mass is 19.3. The molecule has 1 fully saturated rings. The predicted octanol–water partition coefficient (Wildman–Crippen LogP) is 1.22. The molecule has 1 heterocycles. The van der Waals surface area contributed by atoms with Crippen LogP contribution in [0.3, 0.4) is 0 Å². The summed E-state index contributed by atoms with van der Waals surface area (Å²) in [4.78, 5) is 1.75. The zero-order valence-electron chi connectivity index (χ0n) is 7.22. The lowest BCUT2D eigenvalue weighted by Gasteiger charge is -2.22. The lowest BCUT2D eigenvalue weighted by atomic mass is 10.1. The highest BCUT2D eigenvalue weighted by molar-refractivity contribution is 5.18. The fraction of sp³-hybridized carbons (Fsp3) is 0.750. The first kappa shape index (κ1) is 9.61. The van der Waals surface area contributed by atoms with Gasteiger partial charge in [-0.05, 0) is 20.4 Å². The summed E-state index contributed by atoms with van der Waals surface area (Å²) in [6, 6.07) is -0.491. The van der Waals surface area contributed by atoms with Crippen LogP contribution in [0.5, 0.6) is 0 Å². The van der Waals surface area contributed by atoms with Crippen LogP contribution in [0.4, 0.5) is 8.78 Å². The molecule has 12 heavy (non-hydrogen) atoms. The standard InChI is InChI=1S/C8H13F2NO/c1-5(12)7-6(8(9)10)3-4-11(7)2/h5,7,12H,3-4H2,1-2H3. The minimum absolute atomic E-state index is 0.0903. The fourth-order valence-electron chi connectivity index (χ4n) is 1.72. The van der Waals surface area contributed by atoms with Gasteiger partial charge in [-0.15, -0.1) is 0 Å². The summed E-state index contributed by atoms with van der Waals surface area (Å²) in [6.45, 7) is 2.14. The van der Waals surface area contributed by atoms with Gasteiger partial charge < -0.3 is 5.11 Å². The maximum atomic E-state index is 12.3. The second kappa shape index (κ2) is 3.49. The highest BCUT2D eigenvalue weighted by Crippen LogP contribution is 2.28. The summed E-state index contributed by atoms with van der Waals surface area (Å²) in [5.74, 6) is 0. The summed E-state index contributed by atoms with van der Waals surface area (Å²) in [5.41, 5.74) is 0.0903. The van der Waals surface area contributed by atoms with Crippen molar-refractivity contribution in [2.24, 2.45) is 0 Å². The second-order valence-corrected chi connectivity index (χ2v) is 3.20. The number of aliphatic hydroxyl groups excluding tert-OH is 1. The molecule has 1 N–H and O–H groups in total. The zero-order chi connectivity index (χ0) is 9.30. The number of nitrogens with zero attached hydrogens (tertiary/aromatic N) is 1. The van der Waals surface area contributed by atoms with Crippen molar-refractivity contribution in [1.29, 1.82) is 0 Å². The van der Waals surface area contributed by atoms with Crippen LogP contribution in [-0.4, -0.2) is 35.7 Å². The minimum Gasteiger partial charge on any atom is -0.391 e. The van der Waals surface area contributed by atoms with Crippen LogP contribution in [-0.2, 0) is 0 Å². The number of rotatable bonds is 1. The van der Waals surface area contributed by atoms with Crippen molar-refractivity contribution in [3.05, 3.63) is 11.7 Å². The molecule has 0 aromatic heterocycles. The number of hydrogen-bond donors (Lipinski definition) is 1. The Balaban J connectivity index is 2.85. The average Bonchev–Trinajstić information content (AvgIpc) is 2.30. The van der Waals surface area contributed by atoms with E-state index in [2.05, 4.69) is 0 Å². The molecule has 70 valence electrons. The van der Waals surface area contributed by atoms with Crippen molar-refractivity contribution < 1.29 is 13.9 Å². The Morgan fingerprint density at radius 1 is 1.67 bits per heavy atom. The summed E-state index contributed by atoms with van der Waals surface area (Å²) < 4.78 is 24.5. The molecule has 0 aliphatic carbocycles. The van der Waals surface area contributed by atoms with E-state index in [9.17, 15) is 13.9 Å². The second-order valence-electron chi connectivity index (χ2n) is 3.20. The maximum absolute atomic E-state index is 12.3. The first-order valence-corrected chi connectivity index (χ1v) is 3.96. The van der Waals surface area contributed by atoms with E-state index >= 15 is 0 Å². The number of likely N-dealkylation sites (N-methyl/N-ethyl adjacent to an activating group) is 1. The molecule has 1 aliphatic rings. The SMILES string of the molecule is CC(O)C1C(=C(F)F)CCN1C. The zero-order valence-corrected chi connectivity index (χ0v) is 7.22. The molecule has 1 saturated heterocycles. The van der Waals surface area contributed by atoms with Gasteiger partial charge in [-0.3, -0.25) is 4.90 Å². The van der Waals surface area contributed by atoms with Gasteiger partial charge in [0.2, 0.25) is 0 Å². The van der Waals surface area contributed by atoms with Crippen molar-refractivity contribution in [2.75, 3.05) is 13.6 Å². The largest absolute Gasteiger partial charge is 0.391 e. The summed E-state index contributed by atoms with van der Waals surface area (Å²) in [6.07, 6.45) is -1.99. The maximum Gasteiger partial charge on any atom is 0.271 e. The molecule has 2 unspecified atom stereocenters. The van der Waals surface area contributed by atoms with Gasteiger partial charge in [-0.25, -0.2) is 0 Å². The lowest BCUT2D eigenvalue weighted by Crippen LogP contribution is -2.35. The van der Waals surface area contributed by atoms with E-state index in [4.69, 9.17) is 0 Å². The minimum atomic E-state index is -1.63. The fourth-order valence-corrected chi connectivity index (χ4v) is 1.72. The van der Waals surface area contributed by atoms with Gasteiger partial charge in [0, 0.05) is 12.1 Å². The Morgan fingerprint density at radius 2 is 2.25 bits per heavy atom. The van der Waals surface area contributed by atoms with E-state index in [-0.39, 0.29) is 5.57 Å². The molecule has 0 radical (unpaired) electrons. The van der Waals surface area contributed by atoms with Crippen LogP contribution >= 0.6 is 0 Å². The summed E-state index contributed by atoms with van der Waals surface area (Å²) >= 11 is 0. The monoisotopic (exact) mass is 177 g/mol. The van der Waals surface area contributed by atoms with E-state index in [0.29, 0.717) is 13.0 Å². The van der Waals surface area contributed by atoms with Crippen molar-refractivity contribution >= 4 is 0 Å². The van der Waals surface area contributed by atoms with E-state index in [0.717, 1.165) is 0 Å². The van der Waals surface area contributed by atoms with E-state index in [1.807, 2.05) is 0 Å². The molecule has 2 atom stereocenters. The topological polar surface area (TPSA) is 23.5 Å². The van der Waals surface area contributed by atoms with Crippen LogP contribution in [0.25, 0.3) is 0 Å². The van der Waals surface area contributed by atoms with Crippen molar-refractivity contribution in [1.82, 2.24) is 4.90 Å². The normalized spacial score (nSPS) is 27.8. The third kappa shape index (κ3) is 1.64. The molecule has 0 aromatic rings. The first-order chi connectivity index (χ1) is 5.54. The molecule has 1 rings (SSSR count). The van der Waals surface area contributed by atoms with Crippen LogP contribution in [0.1, 0.15) is 13.3 Å². The highest BCUT2D eigenvalue weighted by Gasteiger charge is 2.32. The van der Waals surface area contributed by atoms with Crippen LogP contribution in [0, 0.1) is 0 Å². The Labute approximate surface area is 70.5 Å². The molecule has 0 bridgehead atoms. The van der Waals surface area contributed by atoms with E-state index in [1.165, 1.54) is 6.92 Å². The van der Waals surface area contributed by atoms with Gasteiger partial charge in [0.1, 0.15) is 0 Å². The number of halogens is 2. The molecule has 4 heteroatoms. The third-order valence-electron chi connectivity index (χ3n) is 2.27. The molecule has 0 saturated carbocycles. The lowest BCUT2D eigenvalue weighted by molar-refractivity contribution is 0.113. The molecular formula is C8H13F2NO. The molecule has 0 amide bonds. The van der Waals surface area contributed by atoms with Crippen LogP contribution < -0.4 is 0 Å². The van der Waals surface area contributed by atoms with Gasteiger partial charge in [0.05, 0.1) is 12.1 Å². The van der Waals surface area contributed by atoms with Gasteiger partial charge in [0.25, 0.3) is 6.08 Å². The van der Waals surface area contributed by atoms with Gasteiger partial charge in [-0.2, -0.15) is 8.78 Å². The first-order valence-electron chi connectivity index (χ1n) is 3.96. The molecule has 1 aliphatic heterocycles. The van der Waals surface area contributed by atoms with E-state index in [1.54, 1.807) is 11.9 Å². The van der Waals surface area contributed by atoms with Crippen molar-refractivity contribution in [3.63, 3.8) is 0 Å². The summed E-state index contributed by atoms with van der Waals surface area (Å²) in [7, 11) is 1.74. The number of hydrogen-bond acceptors (Lipinski definition) is 2. The van der Waals surface area contributed by atoms with Crippen molar-refractivity contribution in [2.45, 2.75) is 25.5 Å². The van der Waals surface area contributed by atoms with Crippen LogP contribution in [0.15, 0.2) is 11.7 Å². The van der Waals surface area contributed by atoms with E-state index < -0.39 is 18.2 Å². The van der Waals surface area contributed by atoms with Gasteiger partial charge in [-0.1, -0.05) is 0 Å². The smallest absolute Gasteiger partial charge is 0.271 e. The van der Waals surface area contributed by atoms with Gasteiger partial charge in [0.15, 0.2) is 0 Å². The third-order valence-corrected chi connectivity index (χ3v) is 2.27. The Morgan fingerprint density at radius 3 is 2.58 bits per heavy atom. The van der Waals surface area contributed by atoms with Crippen molar-refractivity contribution in [3.8, 4) is 0 Å². The van der Waals surface area contributed by atoms with Gasteiger partial charge >= 0.3 is 0 Å². The molecule has 2 nitrogen and oxygen atoms in total. The average molecular weight is 177 g/mol. The summed E-state index contributed by atoms with van der Waals surface area (Å²) in [5, 5.41) is 9.23. The number of aliphatic hydroxyl groups is 1. The predicted molar refractivity (Wildman–Crippen MR) is 42.0 cm³/mol. The Hall–Kier alpha value is -0.480. The number of likely N-dealkylation sites (tertiary alicyclic amines) is 1. The molecule has 0 aromatic carbocycles. The molecule has 0 spiro atoms.